The van der Waals surface area contributed by atoms with Crippen LogP contribution in [0.5, 0.6) is 0 Å². The first-order chi connectivity index (χ1) is 9.63. The first kappa shape index (κ1) is 15.4. The average Bonchev–Trinajstić information content (AvgIpc) is 2.42. The van der Waals surface area contributed by atoms with Crippen molar-refractivity contribution in [2.24, 2.45) is 0 Å². The van der Waals surface area contributed by atoms with Gasteiger partial charge in [-0.2, -0.15) is 0 Å². The van der Waals surface area contributed by atoms with Crippen molar-refractivity contribution in [3.05, 3.63) is 68.8 Å². The minimum atomic E-state index is -0.277. The number of nitrogens with one attached hydrogen (secondary N) is 1. The molecule has 0 aliphatic carbocycles. The highest BCUT2D eigenvalue weighted by Gasteiger charge is 2.19. The van der Waals surface area contributed by atoms with Crippen molar-refractivity contribution in [1.82, 2.24) is 5.32 Å². The quantitative estimate of drug-likeness (QED) is 0.737. The van der Waals surface area contributed by atoms with Crippen molar-refractivity contribution in [1.29, 1.82) is 0 Å². The highest BCUT2D eigenvalue weighted by molar-refractivity contribution is 14.1. The fraction of sp³-hybridized carbons (Fsp3) is 0.250. The third-order valence-electron chi connectivity index (χ3n) is 3.09. The van der Waals surface area contributed by atoms with Gasteiger partial charge in [0.15, 0.2) is 0 Å². The van der Waals surface area contributed by atoms with Gasteiger partial charge in [-0.3, -0.25) is 0 Å². The Morgan fingerprint density at radius 2 is 1.85 bits per heavy atom. The lowest BCUT2D eigenvalue weighted by atomic mass is 9.98. The average molecular weight is 387 g/mol. The van der Waals surface area contributed by atoms with Crippen LogP contribution in [0.1, 0.15) is 30.5 Å². The zero-order chi connectivity index (χ0) is 14.5. The van der Waals surface area contributed by atoms with Gasteiger partial charge in [0.05, 0.1) is 6.04 Å². The number of rotatable bonds is 5. The zero-order valence-electron chi connectivity index (χ0n) is 11.2. The molecule has 20 heavy (non-hydrogen) atoms. The Balaban J connectivity index is 2.44. The predicted molar refractivity (Wildman–Crippen MR) is 85.7 cm³/mol. The van der Waals surface area contributed by atoms with E-state index in [-0.39, 0.29) is 17.7 Å². The molecule has 1 N–H and O–H groups in total. The van der Waals surface area contributed by atoms with Crippen molar-refractivity contribution in [2.75, 3.05) is 6.54 Å². The third-order valence-corrected chi connectivity index (χ3v) is 4.02. The molecule has 0 radical (unpaired) electrons. The van der Waals surface area contributed by atoms with Gasteiger partial charge in [0.2, 0.25) is 0 Å². The normalized spacial score (nSPS) is 12.4. The standard InChI is InChI=1S/C16H16F2IN/c1-2-9-20-16(12-5-3-4-6-14(12)18)13-8-7-11(17)10-15(13)19/h3-8,10,16,20H,2,9H2,1H3. The first-order valence-electron chi connectivity index (χ1n) is 6.56. The van der Waals surface area contributed by atoms with E-state index in [1.165, 1.54) is 18.2 Å². The lowest BCUT2D eigenvalue weighted by molar-refractivity contribution is 0.544. The van der Waals surface area contributed by atoms with E-state index in [2.05, 4.69) is 34.8 Å². The smallest absolute Gasteiger partial charge is 0.128 e. The Labute approximate surface area is 131 Å². The third kappa shape index (κ3) is 3.55. The lowest BCUT2D eigenvalue weighted by Gasteiger charge is -2.21. The summed E-state index contributed by atoms with van der Waals surface area (Å²) in [5.41, 5.74) is 1.48. The molecule has 0 saturated carbocycles. The van der Waals surface area contributed by atoms with E-state index in [0.717, 1.165) is 22.1 Å². The highest BCUT2D eigenvalue weighted by atomic mass is 127. The van der Waals surface area contributed by atoms with Gasteiger partial charge in [-0.05, 0) is 59.3 Å². The van der Waals surface area contributed by atoms with Crippen molar-refractivity contribution in [3.63, 3.8) is 0 Å². The minimum Gasteiger partial charge on any atom is -0.306 e. The number of halogens is 3. The van der Waals surface area contributed by atoms with Crippen LogP contribution in [0, 0.1) is 15.2 Å². The fourth-order valence-electron chi connectivity index (χ4n) is 2.12. The molecule has 2 aromatic carbocycles. The summed E-state index contributed by atoms with van der Waals surface area (Å²) < 4.78 is 28.1. The Morgan fingerprint density at radius 3 is 2.50 bits per heavy atom. The van der Waals surface area contributed by atoms with Crippen molar-refractivity contribution >= 4 is 22.6 Å². The molecule has 1 nitrogen and oxygen atoms in total. The highest BCUT2D eigenvalue weighted by Crippen LogP contribution is 2.28. The van der Waals surface area contributed by atoms with Crippen LogP contribution in [0.4, 0.5) is 8.78 Å². The van der Waals surface area contributed by atoms with Crippen LogP contribution in [0.15, 0.2) is 42.5 Å². The molecular formula is C16H16F2IN. The van der Waals surface area contributed by atoms with Crippen LogP contribution in [0.25, 0.3) is 0 Å². The molecule has 2 aromatic rings. The Hall–Kier alpha value is -1.01. The summed E-state index contributed by atoms with van der Waals surface area (Å²) in [6, 6.07) is 11.0. The van der Waals surface area contributed by atoms with E-state index < -0.39 is 0 Å². The van der Waals surface area contributed by atoms with Crippen LogP contribution in [0.3, 0.4) is 0 Å². The lowest BCUT2D eigenvalue weighted by Crippen LogP contribution is -2.25. The topological polar surface area (TPSA) is 12.0 Å². The fourth-order valence-corrected chi connectivity index (χ4v) is 2.91. The van der Waals surface area contributed by atoms with Gasteiger partial charge < -0.3 is 5.32 Å². The van der Waals surface area contributed by atoms with Gasteiger partial charge in [0, 0.05) is 9.13 Å². The van der Waals surface area contributed by atoms with Crippen LogP contribution in [0.2, 0.25) is 0 Å². The Bertz CT molecular complexity index is 586. The Kier molecular flexibility index (Phi) is 5.48. The van der Waals surface area contributed by atoms with Crippen molar-refractivity contribution in [3.8, 4) is 0 Å². The van der Waals surface area contributed by atoms with E-state index in [0.29, 0.717) is 5.56 Å². The molecule has 106 valence electrons. The SMILES string of the molecule is CCCNC(c1ccccc1F)c1ccc(F)cc1I. The number of benzene rings is 2. The maximum absolute atomic E-state index is 14.0. The molecule has 0 aliphatic rings. The molecule has 0 fully saturated rings. The molecule has 0 heterocycles. The van der Waals surface area contributed by atoms with Gasteiger partial charge in [-0.25, -0.2) is 8.78 Å². The second-order valence-electron chi connectivity index (χ2n) is 4.57. The van der Waals surface area contributed by atoms with E-state index in [4.69, 9.17) is 0 Å². The molecule has 1 unspecified atom stereocenters. The van der Waals surface area contributed by atoms with E-state index in [9.17, 15) is 8.78 Å². The van der Waals surface area contributed by atoms with Crippen molar-refractivity contribution < 1.29 is 8.78 Å². The van der Waals surface area contributed by atoms with Crippen LogP contribution in [-0.2, 0) is 0 Å². The molecular weight excluding hydrogens is 371 g/mol. The van der Waals surface area contributed by atoms with Gasteiger partial charge in [0.25, 0.3) is 0 Å². The predicted octanol–water partition coefficient (Wildman–Crippen LogP) is 4.66. The summed E-state index contributed by atoms with van der Waals surface area (Å²) in [6.07, 6.45) is 0.947. The number of hydrogen-bond acceptors (Lipinski definition) is 1. The maximum Gasteiger partial charge on any atom is 0.128 e. The van der Waals surface area contributed by atoms with Gasteiger partial charge in [-0.1, -0.05) is 31.2 Å². The Morgan fingerprint density at radius 1 is 1.10 bits per heavy atom. The largest absolute Gasteiger partial charge is 0.306 e. The van der Waals surface area contributed by atoms with E-state index in [1.54, 1.807) is 18.2 Å². The summed E-state index contributed by atoms with van der Waals surface area (Å²) in [6.45, 7) is 2.83. The summed E-state index contributed by atoms with van der Waals surface area (Å²) in [5, 5.41) is 3.34. The summed E-state index contributed by atoms with van der Waals surface area (Å²) >= 11 is 2.09. The van der Waals surface area contributed by atoms with E-state index >= 15 is 0 Å². The molecule has 0 aromatic heterocycles. The molecule has 0 saturated heterocycles. The molecule has 2 rings (SSSR count). The van der Waals surface area contributed by atoms with Crippen LogP contribution in [-0.4, -0.2) is 6.54 Å². The van der Waals surface area contributed by atoms with Crippen LogP contribution < -0.4 is 5.32 Å². The maximum atomic E-state index is 14.0. The van der Waals surface area contributed by atoms with Crippen molar-refractivity contribution in [2.45, 2.75) is 19.4 Å². The summed E-state index contributed by atoms with van der Waals surface area (Å²) in [7, 11) is 0. The van der Waals surface area contributed by atoms with Gasteiger partial charge in [-0.15, -0.1) is 0 Å². The minimum absolute atomic E-state index is 0.249. The van der Waals surface area contributed by atoms with Gasteiger partial charge in [0.1, 0.15) is 11.6 Å². The van der Waals surface area contributed by atoms with E-state index in [1.807, 2.05) is 6.07 Å². The monoisotopic (exact) mass is 387 g/mol. The second-order valence-corrected chi connectivity index (χ2v) is 5.74. The first-order valence-corrected chi connectivity index (χ1v) is 7.64. The van der Waals surface area contributed by atoms with Gasteiger partial charge >= 0.3 is 0 Å². The summed E-state index contributed by atoms with van der Waals surface area (Å²) in [4.78, 5) is 0. The number of hydrogen-bond donors (Lipinski definition) is 1. The zero-order valence-corrected chi connectivity index (χ0v) is 13.3. The van der Waals surface area contributed by atoms with Crippen LogP contribution >= 0.6 is 22.6 Å². The molecule has 1 atom stereocenters. The molecule has 4 heteroatoms. The molecule has 0 amide bonds. The molecule has 0 aliphatic heterocycles. The molecule has 0 spiro atoms. The second kappa shape index (κ2) is 7.13. The molecule has 0 bridgehead atoms. The summed E-state index contributed by atoms with van der Waals surface area (Å²) in [5.74, 6) is -0.526.